The molecule has 196 valence electrons. The number of nitrogens with one attached hydrogen (secondary N) is 1. The number of nitrogens with zero attached hydrogens (tertiary/aromatic N) is 3. The van der Waals surface area contributed by atoms with Gasteiger partial charge in [0.2, 0.25) is 0 Å². The fourth-order valence-electron chi connectivity index (χ4n) is 4.93. The number of likely N-dealkylation sites (tertiary alicyclic amines) is 1. The zero-order valence-corrected chi connectivity index (χ0v) is 20.7. The lowest BCUT2D eigenvalue weighted by molar-refractivity contribution is 0.0268. The number of carbonyl (C=O) groups is 1. The molecular weight excluding hydrogens is 460 g/mol. The maximum atomic E-state index is 12.1. The van der Waals surface area contributed by atoms with E-state index in [1.165, 1.54) is 6.42 Å². The molecule has 6 rings (SSSR count). The van der Waals surface area contributed by atoms with E-state index in [0.29, 0.717) is 17.9 Å². The number of piperidine rings is 2. The predicted molar refractivity (Wildman–Crippen MR) is 147 cm³/mol. The zero-order valence-electron chi connectivity index (χ0n) is 20.7. The zero-order chi connectivity index (χ0) is 24.5. The van der Waals surface area contributed by atoms with Crippen LogP contribution in [0.25, 0.3) is 0 Å². The summed E-state index contributed by atoms with van der Waals surface area (Å²) in [5.74, 6) is 14.3. The van der Waals surface area contributed by atoms with Crippen LogP contribution in [0.15, 0.2) is 48.8 Å². The molecule has 2 saturated heterocycles. The number of pyridine rings is 2. The Hall–Kier alpha value is -3.35. The molecule has 2 aromatic heterocycles. The standard InChI is InChI=1S/C17H20N2O2.C12H12N2.2CH4/c1-16(2,3)21-15(20)19-11-13-10-17(13,12-19)8-7-14-6-4-5-9-18-14;1-2-6-14-11(3-1)4-5-12-7-10(12)8-13-9-12;;/h4-6,9,13H,10-12H2,1-3H3;1-3,6,10,13H,7-9H2;2*1H4. The third kappa shape index (κ3) is 6.70. The number of aromatic nitrogens is 2. The van der Waals surface area contributed by atoms with Gasteiger partial charge in [-0.05, 0) is 88.1 Å². The van der Waals surface area contributed by atoms with E-state index in [0.717, 1.165) is 43.4 Å². The predicted octanol–water partition coefficient (Wildman–Crippen LogP) is 5.00. The average Bonchev–Trinajstić information content (AvgIpc) is 3.62. The topological polar surface area (TPSA) is 67.4 Å². The molecular formula is C31H40N4O2. The minimum atomic E-state index is -0.448. The molecule has 2 saturated carbocycles. The van der Waals surface area contributed by atoms with Crippen molar-refractivity contribution in [2.45, 2.75) is 54.1 Å². The van der Waals surface area contributed by atoms with Gasteiger partial charge in [0.25, 0.3) is 0 Å². The number of rotatable bonds is 0. The Balaban J connectivity index is 0.000000208. The second kappa shape index (κ2) is 11.0. The maximum absolute atomic E-state index is 12.1. The summed E-state index contributed by atoms with van der Waals surface area (Å²) < 4.78 is 5.42. The molecule has 2 aliphatic carbocycles. The molecule has 0 spiro atoms. The van der Waals surface area contributed by atoms with Gasteiger partial charge in [0.15, 0.2) is 0 Å². The van der Waals surface area contributed by atoms with Gasteiger partial charge in [0.1, 0.15) is 17.0 Å². The summed E-state index contributed by atoms with van der Waals surface area (Å²) in [5.41, 5.74) is 1.50. The van der Waals surface area contributed by atoms with Crippen LogP contribution in [-0.2, 0) is 4.74 Å². The van der Waals surface area contributed by atoms with E-state index in [1.807, 2.05) is 57.2 Å². The lowest BCUT2D eigenvalue weighted by atomic mass is 10.1. The molecule has 2 aliphatic heterocycles. The van der Waals surface area contributed by atoms with E-state index in [4.69, 9.17) is 4.74 Å². The Morgan fingerprint density at radius 2 is 1.57 bits per heavy atom. The third-order valence-corrected chi connectivity index (χ3v) is 7.07. The minimum Gasteiger partial charge on any atom is -0.444 e. The summed E-state index contributed by atoms with van der Waals surface area (Å²) >= 11 is 0. The Labute approximate surface area is 222 Å². The van der Waals surface area contributed by atoms with Crippen molar-refractivity contribution < 1.29 is 9.53 Å². The monoisotopic (exact) mass is 500 g/mol. The molecule has 1 amide bonds. The quantitative estimate of drug-likeness (QED) is 0.516. The summed E-state index contributed by atoms with van der Waals surface area (Å²) in [5, 5.41) is 3.38. The SMILES string of the molecule is C.C.C(#CC12CNCC1C2)c1ccccn1.CC(C)(C)OC(=O)N1CC2CC2(C#Cc2ccccn2)C1. The molecule has 4 heterocycles. The van der Waals surface area contributed by atoms with Crippen molar-refractivity contribution in [3.63, 3.8) is 0 Å². The Kier molecular flexibility index (Phi) is 8.35. The van der Waals surface area contributed by atoms with Crippen LogP contribution in [-0.4, -0.2) is 52.7 Å². The van der Waals surface area contributed by atoms with Crippen LogP contribution in [0.3, 0.4) is 0 Å². The summed E-state index contributed by atoms with van der Waals surface area (Å²) in [6, 6.07) is 11.6. The first-order chi connectivity index (χ1) is 16.8. The Bertz CT molecular complexity index is 1200. The van der Waals surface area contributed by atoms with Gasteiger partial charge >= 0.3 is 6.09 Å². The first kappa shape index (κ1) is 28.2. The van der Waals surface area contributed by atoms with E-state index < -0.39 is 5.60 Å². The highest BCUT2D eigenvalue weighted by molar-refractivity contribution is 5.69. The Morgan fingerprint density at radius 1 is 0.973 bits per heavy atom. The van der Waals surface area contributed by atoms with Crippen LogP contribution in [0.4, 0.5) is 4.79 Å². The summed E-state index contributed by atoms with van der Waals surface area (Å²) in [6.45, 7) is 9.31. The molecule has 4 atom stereocenters. The molecule has 0 radical (unpaired) electrons. The van der Waals surface area contributed by atoms with E-state index >= 15 is 0 Å². The van der Waals surface area contributed by atoms with Crippen molar-refractivity contribution in [3.8, 4) is 23.7 Å². The van der Waals surface area contributed by atoms with Crippen LogP contribution in [0.5, 0.6) is 0 Å². The van der Waals surface area contributed by atoms with Gasteiger partial charge in [-0.3, -0.25) is 0 Å². The van der Waals surface area contributed by atoms with E-state index in [2.05, 4.69) is 39.0 Å². The van der Waals surface area contributed by atoms with E-state index in [1.54, 1.807) is 17.3 Å². The van der Waals surface area contributed by atoms with Crippen molar-refractivity contribution in [3.05, 3.63) is 60.2 Å². The molecule has 4 unspecified atom stereocenters. The highest BCUT2D eigenvalue weighted by Gasteiger charge is 2.60. The molecule has 4 fully saturated rings. The third-order valence-electron chi connectivity index (χ3n) is 7.07. The molecule has 4 aliphatic rings. The summed E-state index contributed by atoms with van der Waals surface area (Å²) in [6.07, 6.45) is 5.66. The molecule has 37 heavy (non-hydrogen) atoms. The van der Waals surface area contributed by atoms with Crippen LogP contribution < -0.4 is 5.32 Å². The fourth-order valence-corrected chi connectivity index (χ4v) is 4.93. The molecule has 1 N–H and O–H groups in total. The second-order valence-electron chi connectivity index (χ2n) is 11.0. The van der Waals surface area contributed by atoms with E-state index in [9.17, 15) is 4.79 Å². The molecule has 6 nitrogen and oxygen atoms in total. The average molecular weight is 501 g/mol. The van der Waals surface area contributed by atoms with Crippen molar-refractivity contribution >= 4 is 6.09 Å². The first-order valence-electron chi connectivity index (χ1n) is 12.3. The van der Waals surface area contributed by atoms with Crippen LogP contribution in [0, 0.1) is 46.3 Å². The minimum absolute atomic E-state index is 0. The van der Waals surface area contributed by atoms with Gasteiger partial charge in [-0.15, -0.1) is 0 Å². The van der Waals surface area contributed by atoms with Crippen molar-refractivity contribution in [1.29, 1.82) is 0 Å². The van der Waals surface area contributed by atoms with Gasteiger partial charge in [-0.1, -0.05) is 38.8 Å². The van der Waals surface area contributed by atoms with Gasteiger partial charge in [-0.25, -0.2) is 14.8 Å². The van der Waals surface area contributed by atoms with Gasteiger partial charge in [0, 0.05) is 37.4 Å². The smallest absolute Gasteiger partial charge is 0.410 e. The number of ether oxygens (including phenoxy) is 1. The Morgan fingerprint density at radius 3 is 2.05 bits per heavy atom. The van der Waals surface area contributed by atoms with Crippen LogP contribution in [0.2, 0.25) is 0 Å². The highest BCUT2D eigenvalue weighted by Crippen LogP contribution is 2.57. The number of hydrogen-bond donors (Lipinski definition) is 1. The highest BCUT2D eigenvalue weighted by atomic mass is 16.6. The van der Waals surface area contributed by atoms with Crippen molar-refractivity contribution in [2.75, 3.05) is 26.2 Å². The maximum Gasteiger partial charge on any atom is 0.410 e. The van der Waals surface area contributed by atoms with Crippen LogP contribution in [0.1, 0.15) is 59.9 Å². The summed E-state index contributed by atoms with van der Waals surface area (Å²) in [7, 11) is 0. The second-order valence-corrected chi connectivity index (χ2v) is 11.0. The lowest BCUT2D eigenvalue weighted by Crippen LogP contribution is -2.37. The fraction of sp³-hybridized carbons (Fsp3) is 0.516. The molecule has 6 heteroatoms. The normalized spacial score (nSPS) is 27.6. The molecule has 2 aromatic rings. The first-order valence-corrected chi connectivity index (χ1v) is 12.3. The number of fused-ring (bicyclic) bond motifs is 2. The molecule has 0 aromatic carbocycles. The van der Waals surface area contributed by atoms with E-state index in [-0.39, 0.29) is 26.4 Å². The van der Waals surface area contributed by atoms with Gasteiger partial charge in [0.05, 0.1) is 5.41 Å². The van der Waals surface area contributed by atoms with Crippen LogP contribution >= 0.6 is 0 Å². The largest absolute Gasteiger partial charge is 0.444 e. The van der Waals surface area contributed by atoms with Gasteiger partial charge < -0.3 is 15.0 Å². The van der Waals surface area contributed by atoms with Crippen molar-refractivity contribution in [1.82, 2.24) is 20.2 Å². The number of hydrogen-bond acceptors (Lipinski definition) is 5. The lowest BCUT2D eigenvalue weighted by Gasteiger charge is -2.25. The number of carbonyl (C=O) groups excluding carboxylic acids is 1. The summed E-state index contributed by atoms with van der Waals surface area (Å²) in [4.78, 5) is 22.3. The van der Waals surface area contributed by atoms with Gasteiger partial charge in [-0.2, -0.15) is 0 Å². The van der Waals surface area contributed by atoms with Crippen molar-refractivity contribution in [2.24, 2.45) is 22.7 Å². The molecule has 0 bridgehead atoms. The number of amides is 1.